The van der Waals surface area contributed by atoms with E-state index in [4.69, 9.17) is 28.9 Å². The molecule has 0 saturated carbocycles. The number of hydrogen-bond donors (Lipinski definition) is 1. The second kappa shape index (κ2) is 4.89. The SMILES string of the molecule is CC1CCN(S(=O)(=O)c2c(Cl)cc(N)cc2Cl)C1. The second-order valence-corrected chi connectivity index (χ2v) is 7.26. The molecule has 1 aromatic rings. The highest BCUT2D eigenvalue weighted by Gasteiger charge is 2.33. The van der Waals surface area contributed by atoms with Crippen molar-refractivity contribution < 1.29 is 8.42 Å². The lowest BCUT2D eigenvalue weighted by Gasteiger charge is -2.18. The van der Waals surface area contributed by atoms with Gasteiger partial charge in [-0.05, 0) is 24.5 Å². The average molecular weight is 309 g/mol. The van der Waals surface area contributed by atoms with Gasteiger partial charge in [0.05, 0.1) is 10.0 Å². The molecule has 1 heterocycles. The maximum Gasteiger partial charge on any atom is 0.246 e. The lowest BCUT2D eigenvalue weighted by atomic mass is 10.2. The van der Waals surface area contributed by atoms with E-state index in [0.717, 1.165) is 6.42 Å². The summed E-state index contributed by atoms with van der Waals surface area (Å²) in [7, 11) is -3.64. The van der Waals surface area contributed by atoms with Gasteiger partial charge in [0.1, 0.15) is 4.90 Å². The first-order chi connectivity index (χ1) is 8.32. The van der Waals surface area contributed by atoms with Crippen LogP contribution < -0.4 is 5.73 Å². The van der Waals surface area contributed by atoms with Crippen molar-refractivity contribution in [3.05, 3.63) is 22.2 Å². The number of nitrogens with two attached hydrogens (primary N) is 1. The molecule has 2 N–H and O–H groups in total. The molecular weight excluding hydrogens is 295 g/mol. The molecule has 1 atom stereocenters. The summed E-state index contributed by atoms with van der Waals surface area (Å²) in [4.78, 5) is -0.0471. The standard InChI is InChI=1S/C11H14Cl2N2O2S/c1-7-2-3-15(6-7)18(16,17)11-9(12)4-8(14)5-10(11)13/h4-5,7H,2-3,6,14H2,1H3. The van der Waals surface area contributed by atoms with Crippen molar-refractivity contribution in [3.63, 3.8) is 0 Å². The maximum atomic E-state index is 12.4. The molecule has 4 nitrogen and oxygen atoms in total. The van der Waals surface area contributed by atoms with Gasteiger partial charge in [-0.15, -0.1) is 0 Å². The summed E-state index contributed by atoms with van der Waals surface area (Å²) in [6, 6.07) is 2.81. The summed E-state index contributed by atoms with van der Waals surface area (Å²) in [6.45, 7) is 3.02. The fourth-order valence-corrected chi connectivity index (χ4v) is 4.82. The summed E-state index contributed by atoms with van der Waals surface area (Å²) in [6.07, 6.45) is 0.851. The summed E-state index contributed by atoms with van der Waals surface area (Å²) in [5.74, 6) is 0.353. The first-order valence-electron chi connectivity index (χ1n) is 5.57. The van der Waals surface area contributed by atoms with E-state index in [0.29, 0.717) is 24.7 Å². The van der Waals surface area contributed by atoms with Crippen molar-refractivity contribution in [2.75, 3.05) is 18.8 Å². The molecule has 0 bridgehead atoms. The van der Waals surface area contributed by atoms with Crippen LogP contribution >= 0.6 is 23.2 Å². The van der Waals surface area contributed by atoms with Gasteiger partial charge in [0.25, 0.3) is 0 Å². The number of nitrogens with zero attached hydrogens (tertiary/aromatic N) is 1. The third-order valence-electron chi connectivity index (χ3n) is 3.01. The van der Waals surface area contributed by atoms with Crippen molar-refractivity contribution in [1.29, 1.82) is 0 Å². The highest BCUT2D eigenvalue weighted by molar-refractivity contribution is 7.89. The summed E-state index contributed by atoms with van der Waals surface area (Å²) in [5, 5.41) is 0.138. The molecule has 18 heavy (non-hydrogen) atoms. The van der Waals surface area contributed by atoms with E-state index in [9.17, 15) is 8.42 Å². The quantitative estimate of drug-likeness (QED) is 0.854. The first kappa shape index (κ1) is 13.9. The van der Waals surface area contributed by atoms with E-state index in [1.54, 1.807) is 0 Å². The summed E-state index contributed by atoms with van der Waals surface area (Å²) in [5.41, 5.74) is 5.92. The zero-order valence-electron chi connectivity index (χ0n) is 9.86. The Labute approximate surface area is 117 Å². The molecule has 0 aromatic heterocycles. The van der Waals surface area contributed by atoms with Gasteiger partial charge in [-0.25, -0.2) is 8.42 Å². The van der Waals surface area contributed by atoms with Crippen LogP contribution in [-0.2, 0) is 10.0 Å². The fourth-order valence-electron chi connectivity index (χ4n) is 2.07. The van der Waals surface area contributed by atoms with Gasteiger partial charge in [0, 0.05) is 18.8 Å². The number of hydrogen-bond acceptors (Lipinski definition) is 3. The molecule has 1 fully saturated rings. The van der Waals surface area contributed by atoms with Gasteiger partial charge in [-0.2, -0.15) is 4.31 Å². The molecule has 0 amide bonds. The van der Waals surface area contributed by atoms with Gasteiger partial charge in [-0.3, -0.25) is 0 Å². The highest BCUT2D eigenvalue weighted by atomic mass is 35.5. The fraction of sp³-hybridized carbons (Fsp3) is 0.455. The lowest BCUT2D eigenvalue weighted by molar-refractivity contribution is 0.464. The van der Waals surface area contributed by atoms with E-state index in [-0.39, 0.29) is 14.9 Å². The van der Waals surface area contributed by atoms with Crippen LogP contribution in [-0.4, -0.2) is 25.8 Å². The molecule has 0 aliphatic carbocycles. The van der Waals surface area contributed by atoms with Crippen molar-refractivity contribution >= 4 is 38.9 Å². The van der Waals surface area contributed by atoms with Gasteiger partial charge in [0.2, 0.25) is 10.0 Å². The van der Waals surface area contributed by atoms with Crippen molar-refractivity contribution in [2.24, 2.45) is 5.92 Å². The minimum Gasteiger partial charge on any atom is -0.399 e. The van der Waals surface area contributed by atoms with Gasteiger partial charge in [0.15, 0.2) is 0 Å². The number of rotatable bonds is 2. The number of nitrogen functional groups attached to an aromatic ring is 1. The molecule has 7 heteroatoms. The van der Waals surface area contributed by atoms with Crippen LogP contribution in [0, 0.1) is 5.92 Å². The zero-order valence-corrected chi connectivity index (χ0v) is 12.2. The Balaban J connectivity index is 2.48. The van der Waals surface area contributed by atoms with Crippen LogP contribution in [0.3, 0.4) is 0 Å². The molecule has 1 aromatic carbocycles. The van der Waals surface area contributed by atoms with E-state index < -0.39 is 10.0 Å². The Morgan fingerprint density at radius 3 is 2.33 bits per heavy atom. The predicted molar refractivity (Wildman–Crippen MR) is 73.4 cm³/mol. The van der Waals surface area contributed by atoms with Crippen molar-refractivity contribution in [3.8, 4) is 0 Å². The smallest absolute Gasteiger partial charge is 0.246 e. The summed E-state index contributed by atoms with van der Waals surface area (Å²) >= 11 is 11.9. The zero-order chi connectivity index (χ0) is 13.5. The van der Waals surface area contributed by atoms with Crippen LogP contribution in [0.1, 0.15) is 13.3 Å². The Hall–Kier alpha value is -0.490. The maximum absolute atomic E-state index is 12.4. The van der Waals surface area contributed by atoms with E-state index in [1.807, 2.05) is 6.92 Å². The third-order valence-corrected chi connectivity index (χ3v) is 5.79. The van der Waals surface area contributed by atoms with Crippen LogP contribution in [0.4, 0.5) is 5.69 Å². The average Bonchev–Trinajstić information content (AvgIpc) is 2.63. The molecule has 2 rings (SSSR count). The topological polar surface area (TPSA) is 63.4 Å². The predicted octanol–water partition coefficient (Wildman–Crippen LogP) is 2.61. The Bertz CT molecular complexity index is 551. The van der Waals surface area contributed by atoms with Crippen LogP contribution in [0.2, 0.25) is 10.0 Å². The van der Waals surface area contributed by atoms with E-state index >= 15 is 0 Å². The van der Waals surface area contributed by atoms with Crippen LogP contribution in [0.25, 0.3) is 0 Å². The van der Waals surface area contributed by atoms with E-state index in [2.05, 4.69) is 0 Å². The first-order valence-corrected chi connectivity index (χ1v) is 7.76. The van der Waals surface area contributed by atoms with Gasteiger partial charge < -0.3 is 5.73 Å². The lowest BCUT2D eigenvalue weighted by Crippen LogP contribution is -2.29. The normalized spacial score (nSPS) is 21.4. The highest BCUT2D eigenvalue weighted by Crippen LogP contribution is 2.35. The number of sulfonamides is 1. The summed E-state index contributed by atoms with van der Waals surface area (Å²) < 4.78 is 26.3. The van der Waals surface area contributed by atoms with Crippen molar-refractivity contribution in [1.82, 2.24) is 4.31 Å². The molecule has 100 valence electrons. The molecule has 1 saturated heterocycles. The van der Waals surface area contributed by atoms with E-state index in [1.165, 1.54) is 16.4 Å². The minimum atomic E-state index is -3.64. The molecular formula is C11H14Cl2N2O2S. The van der Waals surface area contributed by atoms with Crippen LogP contribution in [0.5, 0.6) is 0 Å². The Kier molecular flexibility index (Phi) is 3.78. The number of anilines is 1. The largest absolute Gasteiger partial charge is 0.399 e. The van der Waals surface area contributed by atoms with Gasteiger partial charge >= 0.3 is 0 Å². The molecule has 0 radical (unpaired) electrons. The third kappa shape index (κ3) is 2.45. The number of benzene rings is 1. The number of halogens is 2. The van der Waals surface area contributed by atoms with Crippen molar-refractivity contribution in [2.45, 2.75) is 18.2 Å². The Morgan fingerprint density at radius 2 is 1.89 bits per heavy atom. The molecule has 1 aliphatic heterocycles. The Morgan fingerprint density at radius 1 is 1.33 bits per heavy atom. The van der Waals surface area contributed by atoms with Crippen LogP contribution in [0.15, 0.2) is 17.0 Å². The molecule has 1 unspecified atom stereocenters. The molecule has 0 spiro atoms. The second-order valence-electron chi connectivity index (χ2n) is 4.57. The van der Waals surface area contributed by atoms with Gasteiger partial charge in [-0.1, -0.05) is 30.1 Å². The minimum absolute atomic E-state index is 0.0471. The molecule has 1 aliphatic rings. The monoisotopic (exact) mass is 308 g/mol.